The lowest BCUT2D eigenvalue weighted by atomic mass is 10.0. The maximum atomic E-state index is 13.5. The fourth-order valence-corrected chi connectivity index (χ4v) is 5.11. The molecule has 2 aromatic carbocycles. The highest BCUT2D eigenvalue weighted by Gasteiger charge is 2.31. The first-order chi connectivity index (χ1) is 14.2. The van der Waals surface area contributed by atoms with Crippen LogP contribution in [-0.4, -0.2) is 44.1 Å². The van der Waals surface area contributed by atoms with Crippen molar-refractivity contribution in [3.63, 3.8) is 0 Å². The minimum Gasteiger partial charge on any atom is -0.338 e. The molecule has 1 saturated heterocycles. The topological polar surface area (TPSA) is 74.8 Å². The van der Waals surface area contributed by atoms with Gasteiger partial charge in [-0.1, -0.05) is 17.7 Å². The predicted octanol–water partition coefficient (Wildman–Crippen LogP) is 3.79. The van der Waals surface area contributed by atoms with Crippen LogP contribution in [0, 0.1) is 6.92 Å². The second kappa shape index (κ2) is 9.00. The van der Waals surface area contributed by atoms with Gasteiger partial charge in [0.05, 0.1) is 10.6 Å². The van der Waals surface area contributed by atoms with Crippen LogP contribution in [0.5, 0.6) is 0 Å². The van der Waals surface area contributed by atoms with Crippen LogP contribution in [0.4, 0.5) is 5.69 Å². The average molecular weight is 429 g/mol. The van der Waals surface area contributed by atoms with E-state index in [-0.39, 0.29) is 29.2 Å². The van der Waals surface area contributed by atoms with Crippen molar-refractivity contribution in [2.75, 3.05) is 17.4 Å². The number of likely N-dealkylation sites (tertiary alicyclic amines) is 1. The van der Waals surface area contributed by atoms with Crippen molar-refractivity contribution in [1.82, 2.24) is 4.90 Å². The molecule has 0 spiro atoms. The third kappa shape index (κ3) is 4.73. The van der Waals surface area contributed by atoms with Crippen molar-refractivity contribution >= 4 is 27.4 Å². The van der Waals surface area contributed by atoms with Gasteiger partial charge in [0, 0.05) is 18.2 Å². The summed E-state index contributed by atoms with van der Waals surface area (Å²) in [7, 11) is -3.95. The van der Waals surface area contributed by atoms with Crippen LogP contribution in [0.2, 0.25) is 0 Å². The van der Waals surface area contributed by atoms with E-state index in [9.17, 15) is 18.0 Å². The number of anilines is 1. The smallest absolute Gasteiger partial charge is 0.264 e. The highest BCUT2D eigenvalue weighted by Crippen LogP contribution is 2.26. The molecule has 1 amide bonds. The number of rotatable bonds is 6. The first-order valence-corrected chi connectivity index (χ1v) is 11.6. The van der Waals surface area contributed by atoms with Gasteiger partial charge in [-0.15, -0.1) is 0 Å². The molecule has 30 heavy (non-hydrogen) atoms. The number of amides is 1. The monoisotopic (exact) mass is 428 g/mol. The van der Waals surface area contributed by atoms with Crippen LogP contribution in [0.15, 0.2) is 53.4 Å². The van der Waals surface area contributed by atoms with Crippen molar-refractivity contribution in [3.8, 4) is 0 Å². The lowest BCUT2D eigenvalue weighted by Gasteiger charge is -2.35. The number of nitrogens with zero attached hydrogens (tertiary/aromatic N) is 2. The zero-order chi connectivity index (χ0) is 21.9. The second-order valence-electron chi connectivity index (χ2n) is 7.86. The summed E-state index contributed by atoms with van der Waals surface area (Å²) in [6.07, 6.45) is 2.92. The molecule has 0 radical (unpaired) electrons. The summed E-state index contributed by atoms with van der Waals surface area (Å²) in [6, 6.07) is 13.0. The van der Waals surface area contributed by atoms with Crippen molar-refractivity contribution in [3.05, 3.63) is 59.7 Å². The van der Waals surface area contributed by atoms with Crippen molar-refractivity contribution < 1.29 is 18.0 Å². The lowest BCUT2D eigenvalue weighted by Crippen LogP contribution is -2.48. The van der Waals surface area contributed by atoms with Gasteiger partial charge in [-0.2, -0.15) is 0 Å². The van der Waals surface area contributed by atoms with Gasteiger partial charge >= 0.3 is 0 Å². The number of ketones is 1. The number of Topliss-reactive ketones (excluding diaryl/α,β-unsaturated/α-hetero) is 1. The summed E-state index contributed by atoms with van der Waals surface area (Å²) < 4.78 is 28.0. The first-order valence-electron chi connectivity index (χ1n) is 10.2. The molecule has 0 N–H and O–H groups in total. The average Bonchev–Trinajstić information content (AvgIpc) is 2.72. The number of hydrogen-bond donors (Lipinski definition) is 0. The van der Waals surface area contributed by atoms with Crippen LogP contribution in [0.25, 0.3) is 0 Å². The highest BCUT2D eigenvalue weighted by atomic mass is 32.2. The molecule has 2 aromatic rings. The summed E-state index contributed by atoms with van der Waals surface area (Å²) in [5, 5.41) is 0. The van der Waals surface area contributed by atoms with E-state index in [1.54, 1.807) is 53.4 Å². The Balaban J connectivity index is 1.98. The Bertz CT molecular complexity index is 1010. The number of sulfonamides is 1. The molecule has 1 fully saturated rings. The lowest BCUT2D eigenvalue weighted by molar-refractivity contribution is -0.132. The molecular formula is C23H28N2O4S. The van der Waals surface area contributed by atoms with Gasteiger partial charge in [0.2, 0.25) is 5.91 Å². The van der Waals surface area contributed by atoms with E-state index in [0.717, 1.165) is 29.1 Å². The SMILES string of the molecule is CC(=O)c1ccc(N(CC(=O)N2CCCC[C@@H]2C)S(=O)(=O)c2ccc(C)cc2)cc1. The number of piperidine rings is 1. The fourth-order valence-electron chi connectivity index (χ4n) is 3.70. The number of carbonyl (C=O) groups excluding carboxylic acids is 2. The molecule has 0 unspecified atom stereocenters. The second-order valence-corrected chi connectivity index (χ2v) is 9.72. The van der Waals surface area contributed by atoms with Gasteiger partial charge in [-0.05, 0) is 76.4 Å². The molecule has 1 aliphatic rings. The van der Waals surface area contributed by atoms with E-state index in [0.29, 0.717) is 17.8 Å². The number of benzene rings is 2. The highest BCUT2D eigenvalue weighted by molar-refractivity contribution is 7.92. The van der Waals surface area contributed by atoms with Gasteiger partial charge in [-0.3, -0.25) is 13.9 Å². The number of hydrogen-bond acceptors (Lipinski definition) is 4. The molecule has 0 saturated carbocycles. The Labute approximate surface area is 178 Å². The first kappa shape index (κ1) is 22.0. The molecule has 0 aromatic heterocycles. The Hall–Kier alpha value is -2.67. The molecule has 0 aliphatic carbocycles. The maximum Gasteiger partial charge on any atom is 0.264 e. The molecule has 1 atom stereocenters. The van der Waals surface area contributed by atoms with Crippen molar-refractivity contribution in [2.24, 2.45) is 0 Å². The summed E-state index contributed by atoms with van der Waals surface area (Å²) >= 11 is 0. The minimum absolute atomic E-state index is 0.0928. The van der Waals surface area contributed by atoms with Crippen LogP contribution < -0.4 is 4.31 Å². The van der Waals surface area contributed by atoms with E-state index in [1.165, 1.54) is 6.92 Å². The largest absolute Gasteiger partial charge is 0.338 e. The summed E-state index contributed by atoms with van der Waals surface area (Å²) in [4.78, 5) is 26.6. The third-order valence-corrected chi connectivity index (χ3v) is 7.36. The van der Waals surface area contributed by atoms with E-state index in [4.69, 9.17) is 0 Å². The van der Waals surface area contributed by atoms with Crippen molar-refractivity contribution in [2.45, 2.75) is 51.0 Å². The molecule has 0 bridgehead atoms. The van der Waals surface area contributed by atoms with Gasteiger partial charge in [0.25, 0.3) is 10.0 Å². The quantitative estimate of drug-likeness (QED) is 0.656. The predicted molar refractivity (Wildman–Crippen MR) is 117 cm³/mol. The Morgan fingerprint density at radius 3 is 2.23 bits per heavy atom. The van der Waals surface area contributed by atoms with Gasteiger partial charge in [0.15, 0.2) is 5.78 Å². The Morgan fingerprint density at radius 2 is 1.67 bits per heavy atom. The maximum absolute atomic E-state index is 13.5. The zero-order valence-corrected chi connectivity index (χ0v) is 18.5. The van der Waals surface area contributed by atoms with Gasteiger partial charge in [0.1, 0.15) is 6.54 Å². The Kier molecular flexibility index (Phi) is 6.61. The molecule has 7 heteroatoms. The van der Waals surface area contributed by atoms with Crippen LogP contribution >= 0.6 is 0 Å². The molecule has 3 rings (SSSR count). The molecule has 160 valence electrons. The molecular weight excluding hydrogens is 400 g/mol. The number of carbonyl (C=O) groups is 2. The minimum atomic E-state index is -3.95. The summed E-state index contributed by atoms with van der Waals surface area (Å²) in [6.45, 7) is 5.70. The van der Waals surface area contributed by atoms with E-state index < -0.39 is 10.0 Å². The van der Waals surface area contributed by atoms with E-state index in [2.05, 4.69) is 0 Å². The zero-order valence-electron chi connectivity index (χ0n) is 17.7. The van der Waals surface area contributed by atoms with E-state index in [1.807, 2.05) is 13.8 Å². The molecule has 1 aliphatic heterocycles. The number of aryl methyl sites for hydroxylation is 1. The fraction of sp³-hybridized carbons (Fsp3) is 0.391. The third-order valence-electron chi connectivity index (χ3n) is 5.57. The van der Waals surface area contributed by atoms with Crippen LogP contribution in [0.3, 0.4) is 0 Å². The Morgan fingerprint density at radius 1 is 1.03 bits per heavy atom. The molecule has 6 nitrogen and oxygen atoms in total. The summed E-state index contributed by atoms with van der Waals surface area (Å²) in [5.74, 6) is -0.318. The summed E-state index contributed by atoms with van der Waals surface area (Å²) in [5.41, 5.74) is 1.80. The normalized spacial score (nSPS) is 16.9. The van der Waals surface area contributed by atoms with Gasteiger partial charge < -0.3 is 4.90 Å². The molecule has 1 heterocycles. The van der Waals surface area contributed by atoms with Gasteiger partial charge in [-0.25, -0.2) is 8.42 Å². The van der Waals surface area contributed by atoms with Crippen LogP contribution in [0.1, 0.15) is 49.0 Å². The van der Waals surface area contributed by atoms with E-state index >= 15 is 0 Å². The van der Waals surface area contributed by atoms with Crippen LogP contribution in [-0.2, 0) is 14.8 Å². The van der Waals surface area contributed by atoms with Crippen molar-refractivity contribution in [1.29, 1.82) is 0 Å². The standard InChI is InChI=1S/C23H28N2O4S/c1-17-7-13-22(14-8-17)30(28,29)25(21-11-9-20(10-12-21)19(3)26)16-23(27)24-15-5-4-6-18(24)2/h7-14,18H,4-6,15-16H2,1-3H3/t18-/m0/s1.